The van der Waals surface area contributed by atoms with Gasteiger partial charge in [-0.05, 0) is 31.0 Å². The van der Waals surface area contributed by atoms with Crippen LogP contribution in [0.3, 0.4) is 0 Å². The Bertz CT molecular complexity index is 737. The van der Waals surface area contributed by atoms with Gasteiger partial charge in [0.25, 0.3) is 5.91 Å². The predicted octanol–water partition coefficient (Wildman–Crippen LogP) is 2.64. The summed E-state index contributed by atoms with van der Waals surface area (Å²) in [6.45, 7) is 0.485. The van der Waals surface area contributed by atoms with Gasteiger partial charge < -0.3 is 19.2 Å². The van der Waals surface area contributed by atoms with Gasteiger partial charge in [0.05, 0.1) is 17.7 Å². The highest BCUT2D eigenvalue weighted by Crippen LogP contribution is 2.26. The lowest BCUT2D eigenvalue weighted by atomic mass is 10.2. The summed E-state index contributed by atoms with van der Waals surface area (Å²) in [5.74, 6) is -0.232. The second-order valence-electron chi connectivity index (χ2n) is 5.47. The van der Waals surface area contributed by atoms with E-state index in [9.17, 15) is 14.3 Å². The molecular weight excluding hydrogens is 339 g/mol. The number of benzene rings is 1. The molecule has 1 fully saturated rings. The van der Waals surface area contributed by atoms with Gasteiger partial charge in [-0.15, -0.1) is 0 Å². The van der Waals surface area contributed by atoms with Gasteiger partial charge >= 0.3 is 0 Å². The highest BCUT2D eigenvalue weighted by molar-refractivity contribution is 6.32. The molecule has 0 saturated carbocycles. The summed E-state index contributed by atoms with van der Waals surface area (Å²) >= 11 is 5.87. The Balaban J connectivity index is 1.64. The summed E-state index contributed by atoms with van der Waals surface area (Å²) in [7, 11) is 0. The first-order valence-electron chi connectivity index (χ1n) is 7.52. The van der Waals surface area contributed by atoms with Crippen LogP contribution in [0.1, 0.15) is 29.2 Å². The van der Waals surface area contributed by atoms with Crippen molar-refractivity contribution in [2.45, 2.75) is 25.5 Å². The van der Waals surface area contributed by atoms with E-state index in [1.165, 1.54) is 18.4 Å². The Morgan fingerprint density at radius 1 is 1.54 bits per heavy atom. The number of aliphatic hydroxyl groups excluding tert-OH is 1. The molecule has 1 amide bonds. The molecule has 1 aromatic carbocycles. The maximum Gasteiger partial charge on any atom is 0.276 e. The number of amides is 1. The zero-order valence-electron chi connectivity index (χ0n) is 12.7. The zero-order chi connectivity index (χ0) is 17.1. The van der Waals surface area contributed by atoms with Crippen LogP contribution in [0.4, 0.5) is 4.39 Å². The Kier molecular flexibility index (Phi) is 5.01. The number of rotatable bonds is 5. The number of aliphatic hydroxyl groups is 1. The number of carbonyl (C=O) groups excluding carboxylic acids is 1. The Hall–Kier alpha value is -2.12. The summed E-state index contributed by atoms with van der Waals surface area (Å²) in [6, 6.07) is 3.60. The van der Waals surface area contributed by atoms with Crippen LogP contribution < -0.4 is 4.74 Å². The molecule has 0 bridgehead atoms. The Labute approximate surface area is 142 Å². The standard InChI is InChI=1S/C16H16ClFN2O4/c17-12-6-10(18)3-4-14(12)23-9-15-19-13(8-24-15)16(22)20-5-1-2-11(20)7-21/h3-4,6,8,11,21H,1-2,5,7,9H2/t11-/m0/s1. The molecule has 2 heterocycles. The molecule has 0 spiro atoms. The summed E-state index contributed by atoms with van der Waals surface area (Å²) in [6.07, 6.45) is 2.90. The number of ether oxygens (including phenoxy) is 1. The molecule has 8 heteroatoms. The van der Waals surface area contributed by atoms with Gasteiger partial charge in [0.2, 0.25) is 5.89 Å². The lowest BCUT2D eigenvalue weighted by Gasteiger charge is -2.21. The van der Waals surface area contributed by atoms with Crippen LogP contribution in [0.25, 0.3) is 0 Å². The van der Waals surface area contributed by atoms with Crippen LogP contribution >= 0.6 is 11.6 Å². The van der Waals surface area contributed by atoms with E-state index in [-0.39, 0.29) is 41.8 Å². The molecule has 128 valence electrons. The molecule has 24 heavy (non-hydrogen) atoms. The second-order valence-corrected chi connectivity index (χ2v) is 5.87. The average molecular weight is 355 g/mol. The highest BCUT2D eigenvalue weighted by Gasteiger charge is 2.30. The fourth-order valence-electron chi connectivity index (χ4n) is 2.65. The molecule has 1 N–H and O–H groups in total. The highest BCUT2D eigenvalue weighted by atomic mass is 35.5. The summed E-state index contributed by atoms with van der Waals surface area (Å²) in [5, 5.41) is 9.44. The normalized spacial score (nSPS) is 17.3. The number of halogens is 2. The number of oxazole rings is 1. The molecule has 0 unspecified atom stereocenters. The van der Waals surface area contributed by atoms with Crippen molar-refractivity contribution < 1.29 is 23.4 Å². The summed E-state index contributed by atoms with van der Waals surface area (Å²) < 4.78 is 23.6. The van der Waals surface area contributed by atoms with Gasteiger partial charge in [-0.25, -0.2) is 9.37 Å². The maximum absolute atomic E-state index is 13.0. The smallest absolute Gasteiger partial charge is 0.276 e. The van der Waals surface area contributed by atoms with Crippen LogP contribution in [0, 0.1) is 5.82 Å². The third-order valence-corrected chi connectivity index (χ3v) is 4.16. The number of nitrogens with zero attached hydrogens (tertiary/aromatic N) is 2. The Morgan fingerprint density at radius 3 is 3.12 bits per heavy atom. The molecule has 1 aliphatic heterocycles. The first-order chi connectivity index (χ1) is 11.6. The second kappa shape index (κ2) is 7.19. The number of aromatic nitrogens is 1. The minimum atomic E-state index is -0.458. The van der Waals surface area contributed by atoms with Crippen molar-refractivity contribution in [3.63, 3.8) is 0 Å². The number of likely N-dealkylation sites (tertiary alicyclic amines) is 1. The molecule has 2 aromatic rings. The van der Waals surface area contributed by atoms with Gasteiger partial charge in [0.1, 0.15) is 17.8 Å². The van der Waals surface area contributed by atoms with Crippen molar-refractivity contribution in [1.82, 2.24) is 9.88 Å². The minimum Gasteiger partial charge on any atom is -0.482 e. The van der Waals surface area contributed by atoms with Gasteiger partial charge in [-0.1, -0.05) is 11.6 Å². The van der Waals surface area contributed by atoms with Crippen LogP contribution in [-0.2, 0) is 6.61 Å². The van der Waals surface area contributed by atoms with Gasteiger partial charge in [-0.3, -0.25) is 4.79 Å². The SMILES string of the molecule is O=C(c1coc(COc2ccc(F)cc2Cl)n1)N1CCC[C@H]1CO. The van der Waals surface area contributed by atoms with Crippen molar-refractivity contribution in [2.24, 2.45) is 0 Å². The third kappa shape index (κ3) is 3.52. The number of hydrogen-bond donors (Lipinski definition) is 1. The minimum absolute atomic E-state index is 0.0396. The van der Waals surface area contributed by atoms with Crippen molar-refractivity contribution in [3.05, 3.63) is 46.9 Å². The van der Waals surface area contributed by atoms with Crippen LogP contribution in [-0.4, -0.2) is 40.1 Å². The molecular formula is C16H16ClFN2O4. The van der Waals surface area contributed by atoms with Gasteiger partial charge in [0.15, 0.2) is 12.3 Å². The molecule has 3 rings (SSSR count). The predicted molar refractivity (Wildman–Crippen MR) is 83.4 cm³/mol. The molecule has 1 atom stereocenters. The molecule has 6 nitrogen and oxygen atoms in total. The lowest BCUT2D eigenvalue weighted by molar-refractivity contribution is 0.0671. The monoisotopic (exact) mass is 354 g/mol. The van der Waals surface area contributed by atoms with E-state index in [2.05, 4.69) is 4.98 Å². The van der Waals surface area contributed by atoms with E-state index in [1.54, 1.807) is 4.90 Å². The molecule has 0 aliphatic carbocycles. The lowest BCUT2D eigenvalue weighted by Crippen LogP contribution is -2.37. The largest absolute Gasteiger partial charge is 0.482 e. The number of hydrogen-bond acceptors (Lipinski definition) is 5. The molecule has 1 saturated heterocycles. The fourth-order valence-corrected chi connectivity index (χ4v) is 2.87. The Morgan fingerprint density at radius 2 is 2.38 bits per heavy atom. The van der Waals surface area contributed by atoms with E-state index in [0.29, 0.717) is 12.3 Å². The number of carbonyl (C=O) groups is 1. The van der Waals surface area contributed by atoms with Crippen LogP contribution in [0.15, 0.2) is 28.9 Å². The van der Waals surface area contributed by atoms with Crippen molar-refractivity contribution in [2.75, 3.05) is 13.2 Å². The zero-order valence-corrected chi connectivity index (χ0v) is 13.5. The van der Waals surface area contributed by atoms with E-state index in [4.69, 9.17) is 20.8 Å². The average Bonchev–Trinajstić information content (AvgIpc) is 3.22. The summed E-state index contributed by atoms with van der Waals surface area (Å²) in [4.78, 5) is 18.1. The van der Waals surface area contributed by atoms with Crippen LogP contribution in [0.2, 0.25) is 5.02 Å². The van der Waals surface area contributed by atoms with Crippen molar-refractivity contribution in [3.8, 4) is 5.75 Å². The first-order valence-corrected chi connectivity index (χ1v) is 7.90. The fraction of sp³-hybridized carbons (Fsp3) is 0.375. The maximum atomic E-state index is 13.0. The van der Waals surface area contributed by atoms with Crippen LogP contribution in [0.5, 0.6) is 5.75 Å². The van der Waals surface area contributed by atoms with E-state index in [1.807, 2.05) is 0 Å². The van der Waals surface area contributed by atoms with E-state index in [0.717, 1.165) is 18.9 Å². The topological polar surface area (TPSA) is 75.8 Å². The van der Waals surface area contributed by atoms with E-state index < -0.39 is 5.82 Å². The quantitative estimate of drug-likeness (QED) is 0.893. The first kappa shape index (κ1) is 16.7. The van der Waals surface area contributed by atoms with Crippen molar-refractivity contribution in [1.29, 1.82) is 0 Å². The summed E-state index contributed by atoms with van der Waals surface area (Å²) in [5.41, 5.74) is 0.166. The third-order valence-electron chi connectivity index (χ3n) is 3.86. The molecule has 0 radical (unpaired) electrons. The van der Waals surface area contributed by atoms with Crippen molar-refractivity contribution >= 4 is 17.5 Å². The van der Waals surface area contributed by atoms with E-state index >= 15 is 0 Å². The molecule has 1 aromatic heterocycles. The molecule has 1 aliphatic rings. The van der Waals surface area contributed by atoms with Gasteiger partial charge in [-0.2, -0.15) is 0 Å². The van der Waals surface area contributed by atoms with Gasteiger partial charge in [0, 0.05) is 6.54 Å².